The summed E-state index contributed by atoms with van der Waals surface area (Å²) in [5.41, 5.74) is 3.69. The molecule has 1 aliphatic heterocycles. The Labute approximate surface area is 194 Å². The summed E-state index contributed by atoms with van der Waals surface area (Å²) < 4.78 is 0. The van der Waals surface area contributed by atoms with E-state index in [9.17, 15) is 0 Å². The Bertz CT molecular complexity index is 846. The Morgan fingerprint density at radius 1 is 1.16 bits per heavy atom. The van der Waals surface area contributed by atoms with Crippen molar-refractivity contribution >= 4 is 11.8 Å². The number of fused-ring (bicyclic) bond motifs is 1. The molecule has 7 nitrogen and oxygen atoms in total. The molecular formula is C25H41N7. The lowest BCUT2D eigenvalue weighted by molar-refractivity contribution is 0.206. The van der Waals surface area contributed by atoms with Gasteiger partial charge in [-0.25, -0.2) is 4.98 Å². The van der Waals surface area contributed by atoms with E-state index in [2.05, 4.69) is 66.2 Å². The fourth-order valence-electron chi connectivity index (χ4n) is 4.46. The van der Waals surface area contributed by atoms with Crippen molar-refractivity contribution in [3.63, 3.8) is 0 Å². The van der Waals surface area contributed by atoms with E-state index in [1.54, 1.807) is 0 Å². The van der Waals surface area contributed by atoms with Crippen molar-refractivity contribution in [1.82, 2.24) is 24.8 Å². The Kier molecular flexibility index (Phi) is 8.82. The molecule has 1 aliphatic carbocycles. The van der Waals surface area contributed by atoms with E-state index in [1.807, 2.05) is 20.0 Å². The summed E-state index contributed by atoms with van der Waals surface area (Å²) in [5.74, 6) is 1.76. The molecule has 0 spiro atoms. The first-order chi connectivity index (χ1) is 15.5. The van der Waals surface area contributed by atoms with Crippen molar-refractivity contribution in [3.8, 4) is 0 Å². The molecule has 1 saturated heterocycles. The number of hydrogen-bond acceptors (Lipinski definition) is 7. The van der Waals surface area contributed by atoms with Crippen molar-refractivity contribution < 1.29 is 0 Å². The van der Waals surface area contributed by atoms with Crippen LogP contribution < -0.4 is 10.2 Å². The number of aryl methyl sites for hydroxylation is 1. The summed E-state index contributed by atoms with van der Waals surface area (Å²) in [6, 6.07) is 7.10. The quantitative estimate of drug-likeness (QED) is 0.730. The fourth-order valence-corrected chi connectivity index (χ4v) is 4.46. The van der Waals surface area contributed by atoms with Crippen LogP contribution in [0.25, 0.3) is 0 Å². The van der Waals surface area contributed by atoms with Gasteiger partial charge in [-0.2, -0.15) is 4.98 Å². The standard InChI is InChI=1S/C23H35N7.C2H6/c1-17(2)25-23-26-19(15-21(27-23)30-13-11-28(3)12-14-30)16-29(4)20-9-5-7-18-8-6-10-24-22(18)20;1-2/h6,8,10,15,17,20H,5,7,9,11-14,16H2,1-4H3,(H,25,26,27);1-2H3. The summed E-state index contributed by atoms with van der Waals surface area (Å²) in [5, 5.41) is 3.41. The molecular weight excluding hydrogens is 398 g/mol. The van der Waals surface area contributed by atoms with Gasteiger partial charge in [-0.15, -0.1) is 0 Å². The number of hydrogen-bond donors (Lipinski definition) is 1. The Morgan fingerprint density at radius 3 is 2.62 bits per heavy atom. The highest BCUT2D eigenvalue weighted by molar-refractivity contribution is 5.45. The van der Waals surface area contributed by atoms with Gasteiger partial charge in [0, 0.05) is 51.0 Å². The molecule has 1 unspecified atom stereocenters. The van der Waals surface area contributed by atoms with Crippen molar-refractivity contribution in [2.24, 2.45) is 0 Å². The Hall–Kier alpha value is -2.25. The van der Waals surface area contributed by atoms with Crippen LogP contribution in [0.1, 0.15) is 63.5 Å². The van der Waals surface area contributed by atoms with Crippen LogP contribution in [-0.2, 0) is 13.0 Å². The first-order valence-electron chi connectivity index (χ1n) is 12.2. The number of rotatable bonds is 6. The van der Waals surface area contributed by atoms with Crippen LogP contribution in [0.3, 0.4) is 0 Å². The summed E-state index contributed by atoms with van der Waals surface area (Å²) in [4.78, 5) is 21.6. The number of aromatic nitrogens is 3. The normalized spacial score (nSPS) is 18.9. The lowest BCUT2D eigenvalue weighted by atomic mass is 9.91. The average Bonchev–Trinajstić information content (AvgIpc) is 2.80. The van der Waals surface area contributed by atoms with E-state index in [0.29, 0.717) is 12.1 Å². The molecule has 1 atom stereocenters. The molecule has 2 aliphatic rings. The lowest BCUT2D eigenvalue weighted by Crippen LogP contribution is -2.45. The maximum atomic E-state index is 4.85. The second-order valence-electron chi connectivity index (χ2n) is 9.00. The van der Waals surface area contributed by atoms with E-state index in [-0.39, 0.29) is 0 Å². The van der Waals surface area contributed by atoms with Crippen LogP contribution in [0.4, 0.5) is 11.8 Å². The minimum Gasteiger partial charge on any atom is -0.354 e. The molecule has 0 amide bonds. The Morgan fingerprint density at radius 2 is 1.91 bits per heavy atom. The number of likely N-dealkylation sites (N-methyl/N-ethyl adjacent to an activating group) is 1. The van der Waals surface area contributed by atoms with Crippen molar-refractivity contribution in [2.45, 2.75) is 65.6 Å². The molecule has 1 N–H and O–H groups in total. The first kappa shape index (κ1) is 24.4. The van der Waals surface area contributed by atoms with Gasteiger partial charge in [0.25, 0.3) is 0 Å². The van der Waals surface area contributed by atoms with Crippen molar-refractivity contribution in [2.75, 3.05) is 50.5 Å². The van der Waals surface area contributed by atoms with Crippen molar-refractivity contribution in [3.05, 3.63) is 41.3 Å². The van der Waals surface area contributed by atoms with Crippen LogP contribution in [0.2, 0.25) is 0 Å². The number of anilines is 2. The SMILES string of the molecule is CC.CC(C)Nc1nc(CN(C)C2CCCc3cccnc32)cc(N2CCN(C)CC2)n1. The molecule has 0 radical (unpaired) electrons. The van der Waals surface area contributed by atoms with Gasteiger partial charge in [0.15, 0.2) is 0 Å². The van der Waals surface area contributed by atoms with E-state index in [0.717, 1.165) is 63.0 Å². The second-order valence-corrected chi connectivity index (χ2v) is 9.00. The van der Waals surface area contributed by atoms with Gasteiger partial charge < -0.3 is 15.1 Å². The third-order valence-corrected chi connectivity index (χ3v) is 6.12. The van der Waals surface area contributed by atoms with Gasteiger partial charge in [0.1, 0.15) is 5.82 Å². The van der Waals surface area contributed by atoms with Crippen LogP contribution in [0.5, 0.6) is 0 Å². The summed E-state index contributed by atoms with van der Waals surface area (Å²) in [7, 11) is 4.38. The van der Waals surface area contributed by atoms with E-state index < -0.39 is 0 Å². The Balaban J connectivity index is 0.00000141. The van der Waals surface area contributed by atoms with Crippen LogP contribution in [-0.4, -0.2) is 71.1 Å². The summed E-state index contributed by atoms with van der Waals surface area (Å²) in [6.07, 6.45) is 5.42. The lowest BCUT2D eigenvalue weighted by Gasteiger charge is -2.34. The van der Waals surface area contributed by atoms with Gasteiger partial charge in [-0.3, -0.25) is 9.88 Å². The third-order valence-electron chi connectivity index (χ3n) is 6.12. The van der Waals surface area contributed by atoms with Gasteiger partial charge in [-0.1, -0.05) is 19.9 Å². The fraction of sp³-hybridized carbons (Fsp3) is 0.640. The number of nitrogens with zero attached hydrogens (tertiary/aromatic N) is 6. The number of nitrogens with one attached hydrogen (secondary N) is 1. The molecule has 4 rings (SSSR count). The maximum absolute atomic E-state index is 4.85. The first-order valence-corrected chi connectivity index (χ1v) is 12.2. The van der Waals surface area contributed by atoms with E-state index in [1.165, 1.54) is 17.7 Å². The molecule has 2 aromatic heterocycles. The minimum atomic E-state index is 0.299. The number of piperazine rings is 1. The van der Waals surface area contributed by atoms with Gasteiger partial charge >= 0.3 is 0 Å². The third kappa shape index (κ3) is 6.17. The second kappa shape index (κ2) is 11.6. The molecule has 1 fully saturated rings. The van der Waals surface area contributed by atoms with Gasteiger partial charge in [-0.05, 0) is 58.8 Å². The molecule has 176 valence electrons. The molecule has 3 heterocycles. The highest BCUT2D eigenvalue weighted by Crippen LogP contribution is 2.32. The molecule has 7 heteroatoms. The average molecular weight is 440 g/mol. The molecule has 0 aromatic carbocycles. The largest absolute Gasteiger partial charge is 0.354 e. The molecule has 32 heavy (non-hydrogen) atoms. The summed E-state index contributed by atoms with van der Waals surface area (Å²) >= 11 is 0. The zero-order valence-electron chi connectivity index (χ0n) is 20.8. The molecule has 2 aromatic rings. The van der Waals surface area contributed by atoms with Crippen molar-refractivity contribution in [1.29, 1.82) is 0 Å². The number of pyridine rings is 1. The zero-order valence-corrected chi connectivity index (χ0v) is 20.8. The minimum absolute atomic E-state index is 0.299. The monoisotopic (exact) mass is 439 g/mol. The zero-order chi connectivity index (χ0) is 23.1. The molecule has 0 bridgehead atoms. The smallest absolute Gasteiger partial charge is 0.225 e. The molecule has 0 saturated carbocycles. The van der Waals surface area contributed by atoms with Crippen LogP contribution in [0.15, 0.2) is 24.4 Å². The predicted molar refractivity (Wildman–Crippen MR) is 133 cm³/mol. The van der Waals surface area contributed by atoms with Crippen LogP contribution >= 0.6 is 0 Å². The van der Waals surface area contributed by atoms with Crippen LogP contribution in [0, 0.1) is 0 Å². The summed E-state index contributed by atoms with van der Waals surface area (Å²) in [6.45, 7) is 13.2. The topological polar surface area (TPSA) is 60.4 Å². The van der Waals surface area contributed by atoms with E-state index in [4.69, 9.17) is 15.0 Å². The van der Waals surface area contributed by atoms with Gasteiger partial charge in [0.05, 0.1) is 17.4 Å². The maximum Gasteiger partial charge on any atom is 0.225 e. The predicted octanol–water partition coefficient (Wildman–Crippen LogP) is 3.98. The van der Waals surface area contributed by atoms with E-state index >= 15 is 0 Å². The van der Waals surface area contributed by atoms with Gasteiger partial charge in [0.2, 0.25) is 5.95 Å². The highest BCUT2D eigenvalue weighted by Gasteiger charge is 2.26. The highest BCUT2D eigenvalue weighted by atomic mass is 15.3.